The highest BCUT2D eigenvalue weighted by Crippen LogP contribution is 2.28. The Bertz CT molecular complexity index is 753. The molecule has 0 radical (unpaired) electrons. The molecular formula is C18H26FN3O3S. The largest absolute Gasteiger partial charge is 0.335 e. The number of nitrogens with zero attached hydrogens (tertiary/aromatic N) is 3. The molecule has 144 valence electrons. The zero-order chi connectivity index (χ0) is 18.9. The standard InChI is InChI=1S/C18H26FN3O3S/c1-14(15-4-6-16(19)7-5-15)22-11-8-17(18(22)23)20-9-3-10-21(13-12-20)26(2,24)25/h4-7,14,17H,3,8-13H2,1-2H3. The van der Waals surface area contributed by atoms with Crippen LogP contribution in [0.5, 0.6) is 0 Å². The lowest BCUT2D eigenvalue weighted by Crippen LogP contribution is -2.44. The monoisotopic (exact) mass is 383 g/mol. The number of likely N-dealkylation sites (tertiary alicyclic amines) is 1. The first-order chi connectivity index (χ1) is 12.3. The first-order valence-corrected chi connectivity index (χ1v) is 10.9. The van der Waals surface area contributed by atoms with Gasteiger partial charge in [0.25, 0.3) is 0 Å². The van der Waals surface area contributed by atoms with E-state index in [1.54, 1.807) is 12.1 Å². The number of benzene rings is 1. The van der Waals surface area contributed by atoms with E-state index in [1.807, 2.05) is 11.8 Å². The number of halogens is 1. The molecule has 1 aromatic carbocycles. The number of rotatable bonds is 4. The van der Waals surface area contributed by atoms with Crippen molar-refractivity contribution in [3.63, 3.8) is 0 Å². The number of amides is 1. The van der Waals surface area contributed by atoms with E-state index in [4.69, 9.17) is 0 Å². The molecule has 8 heteroatoms. The Kier molecular flexibility index (Phi) is 5.64. The lowest BCUT2D eigenvalue weighted by Gasteiger charge is -2.29. The summed E-state index contributed by atoms with van der Waals surface area (Å²) in [5.74, 6) is -0.207. The zero-order valence-corrected chi connectivity index (χ0v) is 16.1. The number of hydrogen-bond donors (Lipinski definition) is 0. The highest BCUT2D eigenvalue weighted by Gasteiger charge is 2.39. The number of sulfonamides is 1. The summed E-state index contributed by atoms with van der Waals surface area (Å²) in [6.45, 7) is 4.85. The van der Waals surface area contributed by atoms with Gasteiger partial charge in [-0.25, -0.2) is 17.1 Å². The van der Waals surface area contributed by atoms with E-state index in [0.717, 1.165) is 24.9 Å². The molecule has 0 spiro atoms. The van der Waals surface area contributed by atoms with Crippen molar-refractivity contribution in [3.05, 3.63) is 35.6 Å². The maximum absolute atomic E-state index is 13.1. The van der Waals surface area contributed by atoms with Crippen molar-refractivity contribution in [2.45, 2.75) is 31.8 Å². The van der Waals surface area contributed by atoms with Gasteiger partial charge in [-0.3, -0.25) is 9.69 Å². The summed E-state index contributed by atoms with van der Waals surface area (Å²) in [4.78, 5) is 16.9. The van der Waals surface area contributed by atoms with Gasteiger partial charge in [0, 0.05) is 32.7 Å². The molecule has 0 aliphatic carbocycles. The van der Waals surface area contributed by atoms with Crippen molar-refractivity contribution < 1.29 is 17.6 Å². The number of hydrogen-bond acceptors (Lipinski definition) is 4. The van der Waals surface area contributed by atoms with E-state index in [-0.39, 0.29) is 23.8 Å². The molecular weight excluding hydrogens is 357 g/mol. The smallest absolute Gasteiger partial charge is 0.240 e. The summed E-state index contributed by atoms with van der Waals surface area (Å²) < 4.78 is 38.1. The fraction of sp³-hybridized carbons (Fsp3) is 0.611. The van der Waals surface area contributed by atoms with Gasteiger partial charge in [-0.15, -0.1) is 0 Å². The maximum atomic E-state index is 13.1. The molecule has 1 amide bonds. The lowest BCUT2D eigenvalue weighted by molar-refractivity contribution is -0.133. The van der Waals surface area contributed by atoms with Crippen LogP contribution in [0.1, 0.15) is 31.4 Å². The van der Waals surface area contributed by atoms with E-state index >= 15 is 0 Å². The third-order valence-corrected chi connectivity index (χ3v) is 6.73. The number of carbonyl (C=O) groups excluding carboxylic acids is 1. The SMILES string of the molecule is CC(c1ccc(F)cc1)N1CCC(N2CCCN(S(C)(=O)=O)CC2)C1=O. The van der Waals surface area contributed by atoms with Crippen LogP contribution in [-0.4, -0.2) is 73.5 Å². The van der Waals surface area contributed by atoms with Crippen molar-refractivity contribution in [1.82, 2.24) is 14.1 Å². The Hall–Kier alpha value is -1.51. The average molecular weight is 383 g/mol. The molecule has 2 aliphatic rings. The van der Waals surface area contributed by atoms with Gasteiger partial charge in [0.1, 0.15) is 5.82 Å². The van der Waals surface area contributed by atoms with Crippen LogP contribution < -0.4 is 0 Å². The van der Waals surface area contributed by atoms with Gasteiger partial charge in [-0.05, 0) is 37.5 Å². The van der Waals surface area contributed by atoms with Gasteiger partial charge in [-0.2, -0.15) is 0 Å². The fourth-order valence-electron chi connectivity index (χ4n) is 3.89. The molecule has 0 saturated carbocycles. The molecule has 0 aromatic heterocycles. The summed E-state index contributed by atoms with van der Waals surface area (Å²) in [7, 11) is -3.19. The molecule has 2 heterocycles. The second kappa shape index (κ2) is 7.62. The Balaban J connectivity index is 1.66. The average Bonchev–Trinajstić information content (AvgIpc) is 2.81. The summed E-state index contributed by atoms with van der Waals surface area (Å²) >= 11 is 0. The third kappa shape index (κ3) is 4.07. The van der Waals surface area contributed by atoms with Gasteiger partial charge in [0.2, 0.25) is 15.9 Å². The molecule has 3 rings (SSSR count). The highest BCUT2D eigenvalue weighted by atomic mass is 32.2. The fourth-order valence-corrected chi connectivity index (χ4v) is 4.76. The Labute approximate surface area is 154 Å². The zero-order valence-electron chi connectivity index (χ0n) is 15.3. The predicted octanol–water partition coefficient (Wildman–Crippen LogP) is 1.45. The van der Waals surface area contributed by atoms with Crippen molar-refractivity contribution >= 4 is 15.9 Å². The molecule has 2 unspecified atom stereocenters. The van der Waals surface area contributed by atoms with Crippen molar-refractivity contribution in [2.75, 3.05) is 39.0 Å². The molecule has 0 bridgehead atoms. The van der Waals surface area contributed by atoms with E-state index in [1.165, 1.54) is 22.7 Å². The molecule has 1 aromatic rings. The van der Waals surface area contributed by atoms with Crippen LogP contribution in [0.3, 0.4) is 0 Å². The predicted molar refractivity (Wildman–Crippen MR) is 97.5 cm³/mol. The maximum Gasteiger partial charge on any atom is 0.240 e. The molecule has 6 nitrogen and oxygen atoms in total. The lowest BCUT2D eigenvalue weighted by atomic mass is 10.1. The summed E-state index contributed by atoms with van der Waals surface area (Å²) in [6, 6.07) is 5.97. The summed E-state index contributed by atoms with van der Waals surface area (Å²) in [6.07, 6.45) is 2.70. The second-order valence-electron chi connectivity index (χ2n) is 7.12. The van der Waals surface area contributed by atoms with Crippen molar-refractivity contribution in [2.24, 2.45) is 0 Å². The van der Waals surface area contributed by atoms with Crippen LogP contribution in [-0.2, 0) is 14.8 Å². The highest BCUT2D eigenvalue weighted by molar-refractivity contribution is 7.88. The van der Waals surface area contributed by atoms with Crippen LogP contribution in [0.2, 0.25) is 0 Å². The molecule has 0 N–H and O–H groups in total. The minimum atomic E-state index is -3.19. The molecule has 2 atom stereocenters. The van der Waals surface area contributed by atoms with Crippen LogP contribution >= 0.6 is 0 Å². The minimum absolute atomic E-state index is 0.0784. The number of carbonyl (C=O) groups is 1. The first kappa shape index (κ1) is 19.3. The molecule has 2 saturated heterocycles. The van der Waals surface area contributed by atoms with Crippen molar-refractivity contribution in [3.8, 4) is 0 Å². The van der Waals surface area contributed by atoms with Gasteiger partial charge < -0.3 is 4.90 Å². The van der Waals surface area contributed by atoms with Gasteiger partial charge in [-0.1, -0.05) is 12.1 Å². The van der Waals surface area contributed by atoms with Crippen LogP contribution in [0.25, 0.3) is 0 Å². The van der Waals surface area contributed by atoms with E-state index in [2.05, 4.69) is 4.90 Å². The molecule has 26 heavy (non-hydrogen) atoms. The first-order valence-electron chi connectivity index (χ1n) is 9.02. The Morgan fingerprint density at radius 2 is 1.77 bits per heavy atom. The van der Waals surface area contributed by atoms with E-state index < -0.39 is 10.0 Å². The van der Waals surface area contributed by atoms with E-state index in [9.17, 15) is 17.6 Å². The van der Waals surface area contributed by atoms with E-state index in [0.29, 0.717) is 26.2 Å². The topological polar surface area (TPSA) is 60.9 Å². The van der Waals surface area contributed by atoms with Gasteiger partial charge in [0.15, 0.2) is 0 Å². The minimum Gasteiger partial charge on any atom is -0.335 e. The Morgan fingerprint density at radius 1 is 1.08 bits per heavy atom. The van der Waals surface area contributed by atoms with Gasteiger partial charge in [0.05, 0.1) is 18.3 Å². The summed E-state index contributed by atoms with van der Waals surface area (Å²) in [5, 5.41) is 0. The molecule has 2 fully saturated rings. The quantitative estimate of drug-likeness (QED) is 0.790. The van der Waals surface area contributed by atoms with Crippen LogP contribution in [0, 0.1) is 5.82 Å². The summed E-state index contributed by atoms with van der Waals surface area (Å²) in [5.41, 5.74) is 0.916. The Morgan fingerprint density at radius 3 is 2.42 bits per heavy atom. The van der Waals surface area contributed by atoms with Gasteiger partial charge >= 0.3 is 0 Å². The third-order valence-electron chi connectivity index (χ3n) is 5.43. The van der Waals surface area contributed by atoms with Crippen molar-refractivity contribution in [1.29, 1.82) is 0 Å². The van der Waals surface area contributed by atoms with Crippen LogP contribution in [0.15, 0.2) is 24.3 Å². The second-order valence-corrected chi connectivity index (χ2v) is 9.10. The molecule has 2 aliphatic heterocycles. The normalized spacial score (nSPS) is 24.7. The van der Waals surface area contributed by atoms with Crippen LogP contribution in [0.4, 0.5) is 4.39 Å².